The number of hydrogen-bond acceptors (Lipinski definition) is 5. The molecule has 1 aromatic heterocycles. The van der Waals surface area contributed by atoms with E-state index in [0.29, 0.717) is 25.5 Å². The minimum atomic E-state index is -0.133. The van der Waals surface area contributed by atoms with Crippen LogP contribution in [0.5, 0.6) is 0 Å². The van der Waals surface area contributed by atoms with Crippen LogP contribution in [0.3, 0.4) is 0 Å². The highest BCUT2D eigenvalue weighted by Crippen LogP contribution is 1.90. The molecule has 0 aliphatic rings. The molecule has 6 nitrogen and oxygen atoms in total. The molecule has 0 saturated carbocycles. The third-order valence-electron chi connectivity index (χ3n) is 1.51. The lowest BCUT2D eigenvalue weighted by atomic mass is 10.4. The molecular weight excluding hydrogens is 186 g/mol. The minimum absolute atomic E-state index is 0.0976. The van der Waals surface area contributed by atoms with Gasteiger partial charge in [0.1, 0.15) is 6.61 Å². The molecule has 78 valence electrons. The van der Waals surface area contributed by atoms with Gasteiger partial charge in [-0.05, 0) is 6.92 Å². The SMILES string of the molecule is CCOCC(=O)NCCc1ncno1. The van der Waals surface area contributed by atoms with Crippen LogP contribution >= 0.6 is 0 Å². The summed E-state index contributed by atoms with van der Waals surface area (Å²) in [6.07, 6.45) is 1.87. The molecule has 1 amide bonds. The zero-order valence-electron chi connectivity index (χ0n) is 8.02. The summed E-state index contributed by atoms with van der Waals surface area (Å²) in [6, 6.07) is 0. The zero-order valence-corrected chi connectivity index (χ0v) is 8.02. The number of aromatic nitrogens is 2. The Bertz CT molecular complexity index is 261. The second kappa shape index (κ2) is 6.09. The van der Waals surface area contributed by atoms with E-state index in [-0.39, 0.29) is 12.5 Å². The first-order valence-electron chi connectivity index (χ1n) is 4.43. The van der Waals surface area contributed by atoms with Crippen LogP contribution in [0.2, 0.25) is 0 Å². The number of ether oxygens (including phenoxy) is 1. The first kappa shape index (κ1) is 10.6. The number of nitrogens with one attached hydrogen (secondary N) is 1. The van der Waals surface area contributed by atoms with Crippen molar-refractivity contribution in [3.8, 4) is 0 Å². The summed E-state index contributed by atoms with van der Waals surface area (Å²) < 4.78 is 9.67. The van der Waals surface area contributed by atoms with Gasteiger partial charge >= 0.3 is 0 Å². The van der Waals surface area contributed by atoms with Crippen LogP contribution in [0.1, 0.15) is 12.8 Å². The summed E-state index contributed by atoms with van der Waals surface area (Å²) in [4.78, 5) is 14.8. The van der Waals surface area contributed by atoms with Crippen LogP contribution < -0.4 is 5.32 Å². The van der Waals surface area contributed by atoms with Gasteiger partial charge in [-0.25, -0.2) is 0 Å². The number of carbonyl (C=O) groups excluding carboxylic acids is 1. The number of nitrogens with zero attached hydrogens (tertiary/aromatic N) is 2. The van der Waals surface area contributed by atoms with Crippen molar-refractivity contribution in [3.63, 3.8) is 0 Å². The number of hydrogen-bond donors (Lipinski definition) is 1. The van der Waals surface area contributed by atoms with Crippen molar-refractivity contribution in [1.82, 2.24) is 15.5 Å². The Kier molecular flexibility index (Phi) is 4.63. The summed E-state index contributed by atoms with van der Waals surface area (Å²) in [6.45, 7) is 2.96. The topological polar surface area (TPSA) is 77.2 Å². The smallest absolute Gasteiger partial charge is 0.246 e. The van der Waals surface area contributed by atoms with E-state index in [1.54, 1.807) is 0 Å². The molecule has 14 heavy (non-hydrogen) atoms. The molecule has 1 rings (SSSR count). The van der Waals surface area contributed by atoms with Gasteiger partial charge in [-0.2, -0.15) is 4.98 Å². The first-order chi connectivity index (χ1) is 6.83. The third-order valence-corrected chi connectivity index (χ3v) is 1.51. The monoisotopic (exact) mass is 199 g/mol. The Labute approximate surface area is 81.6 Å². The van der Waals surface area contributed by atoms with Gasteiger partial charge in [0.15, 0.2) is 6.33 Å². The Morgan fingerprint density at radius 3 is 3.21 bits per heavy atom. The van der Waals surface area contributed by atoms with E-state index in [2.05, 4.69) is 15.5 Å². The van der Waals surface area contributed by atoms with Gasteiger partial charge in [0.05, 0.1) is 0 Å². The minimum Gasteiger partial charge on any atom is -0.372 e. The maximum absolute atomic E-state index is 11.0. The first-order valence-corrected chi connectivity index (χ1v) is 4.43. The molecule has 6 heteroatoms. The predicted molar refractivity (Wildman–Crippen MR) is 47.5 cm³/mol. The molecule has 0 saturated heterocycles. The number of rotatable bonds is 6. The molecule has 0 bridgehead atoms. The normalized spacial score (nSPS) is 10.1. The standard InChI is InChI=1S/C8H13N3O3/c1-2-13-5-7(12)9-4-3-8-10-6-11-14-8/h6H,2-5H2,1H3,(H,9,12). The van der Waals surface area contributed by atoms with E-state index in [4.69, 9.17) is 9.26 Å². The van der Waals surface area contributed by atoms with Crippen molar-refractivity contribution in [1.29, 1.82) is 0 Å². The molecule has 0 aliphatic carbocycles. The maximum Gasteiger partial charge on any atom is 0.246 e. The van der Waals surface area contributed by atoms with Crippen LogP contribution in [-0.2, 0) is 16.0 Å². The fraction of sp³-hybridized carbons (Fsp3) is 0.625. The lowest BCUT2D eigenvalue weighted by molar-refractivity contribution is -0.125. The average Bonchev–Trinajstić information content (AvgIpc) is 2.67. The van der Waals surface area contributed by atoms with Crippen molar-refractivity contribution in [2.45, 2.75) is 13.3 Å². The van der Waals surface area contributed by atoms with E-state index in [1.165, 1.54) is 6.33 Å². The molecular formula is C8H13N3O3. The molecule has 0 unspecified atom stereocenters. The van der Waals surface area contributed by atoms with E-state index in [1.807, 2.05) is 6.92 Å². The van der Waals surface area contributed by atoms with Crippen LogP contribution in [0.25, 0.3) is 0 Å². The van der Waals surface area contributed by atoms with Gasteiger partial charge < -0.3 is 14.6 Å². The summed E-state index contributed by atoms with van der Waals surface area (Å²) in [7, 11) is 0. The Hall–Kier alpha value is -1.43. The zero-order chi connectivity index (χ0) is 10.2. The lowest BCUT2D eigenvalue weighted by Crippen LogP contribution is -2.29. The van der Waals surface area contributed by atoms with Crippen LogP contribution in [0, 0.1) is 0 Å². The summed E-state index contributed by atoms with van der Waals surface area (Å²) >= 11 is 0. The predicted octanol–water partition coefficient (Wildman–Crippen LogP) is -0.235. The fourth-order valence-electron chi connectivity index (χ4n) is 0.861. The number of carbonyl (C=O) groups is 1. The highest BCUT2D eigenvalue weighted by molar-refractivity contribution is 5.77. The van der Waals surface area contributed by atoms with Crippen LogP contribution in [-0.4, -0.2) is 35.8 Å². The van der Waals surface area contributed by atoms with Crippen molar-refractivity contribution in [2.24, 2.45) is 0 Å². The molecule has 1 N–H and O–H groups in total. The molecule has 0 spiro atoms. The van der Waals surface area contributed by atoms with Gasteiger partial charge in [-0.15, -0.1) is 0 Å². The molecule has 0 atom stereocenters. The largest absolute Gasteiger partial charge is 0.372 e. The quantitative estimate of drug-likeness (QED) is 0.684. The van der Waals surface area contributed by atoms with Gasteiger partial charge in [-0.1, -0.05) is 5.16 Å². The van der Waals surface area contributed by atoms with E-state index < -0.39 is 0 Å². The molecule has 0 aromatic carbocycles. The molecule has 0 fully saturated rings. The highest BCUT2D eigenvalue weighted by Gasteiger charge is 2.02. The summed E-state index contributed by atoms with van der Waals surface area (Å²) in [5.41, 5.74) is 0. The molecule has 1 heterocycles. The molecule has 0 radical (unpaired) electrons. The summed E-state index contributed by atoms with van der Waals surface area (Å²) in [5.74, 6) is 0.382. The van der Waals surface area contributed by atoms with Gasteiger partial charge in [0.25, 0.3) is 0 Å². The van der Waals surface area contributed by atoms with Gasteiger partial charge in [-0.3, -0.25) is 4.79 Å². The van der Waals surface area contributed by atoms with E-state index in [0.717, 1.165) is 0 Å². The second-order valence-electron chi connectivity index (χ2n) is 2.57. The molecule has 0 aliphatic heterocycles. The Balaban J connectivity index is 2.06. The maximum atomic E-state index is 11.0. The molecule has 1 aromatic rings. The van der Waals surface area contributed by atoms with E-state index in [9.17, 15) is 4.79 Å². The van der Waals surface area contributed by atoms with Crippen molar-refractivity contribution in [3.05, 3.63) is 12.2 Å². The van der Waals surface area contributed by atoms with Gasteiger partial charge in [0, 0.05) is 19.6 Å². The number of amides is 1. The Morgan fingerprint density at radius 2 is 2.57 bits per heavy atom. The van der Waals surface area contributed by atoms with Crippen LogP contribution in [0.15, 0.2) is 10.9 Å². The fourth-order valence-corrected chi connectivity index (χ4v) is 0.861. The second-order valence-corrected chi connectivity index (χ2v) is 2.57. The Morgan fingerprint density at radius 1 is 1.71 bits per heavy atom. The summed E-state index contributed by atoms with van der Waals surface area (Å²) in [5, 5.41) is 6.11. The van der Waals surface area contributed by atoms with Crippen LogP contribution in [0.4, 0.5) is 0 Å². The van der Waals surface area contributed by atoms with Crippen molar-refractivity contribution >= 4 is 5.91 Å². The highest BCUT2D eigenvalue weighted by atomic mass is 16.5. The van der Waals surface area contributed by atoms with Gasteiger partial charge in [0.2, 0.25) is 11.8 Å². The van der Waals surface area contributed by atoms with Crippen molar-refractivity contribution < 1.29 is 14.1 Å². The lowest BCUT2D eigenvalue weighted by Gasteiger charge is -2.02. The average molecular weight is 199 g/mol. The van der Waals surface area contributed by atoms with Crippen molar-refractivity contribution in [2.75, 3.05) is 19.8 Å². The van der Waals surface area contributed by atoms with E-state index >= 15 is 0 Å². The third kappa shape index (κ3) is 3.99.